The van der Waals surface area contributed by atoms with Crippen molar-refractivity contribution in [1.29, 1.82) is 0 Å². The molecule has 0 saturated carbocycles. The third-order valence-corrected chi connectivity index (χ3v) is 3.79. The minimum Gasteiger partial charge on any atom is -0.744 e. The van der Waals surface area contributed by atoms with Crippen LogP contribution in [-0.2, 0) is 10.1 Å². The van der Waals surface area contributed by atoms with Crippen LogP contribution in [0.4, 0.5) is 5.69 Å². The van der Waals surface area contributed by atoms with Crippen molar-refractivity contribution in [2.45, 2.75) is 4.90 Å². The first-order chi connectivity index (χ1) is 10.9. The van der Waals surface area contributed by atoms with Crippen molar-refractivity contribution in [3.05, 3.63) is 59.7 Å². The largest absolute Gasteiger partial charge is 1.00 e. The quantitative estimate of drug-likeness (QED) is 0.255. The van der Waals surface area contributed by atoms with Gasteiger partial charge in [0.25, 0.3) is 0 Å². The molecule has 0 aliphatic rings. The van der Waals surface area contributed by atoms with Crippen LogP contribution in [0, 0.1) is 0 Å². The number of nitrogens with zero attached hydrogens (tertiary/aromatic N) is 3. The number of hydrogen-bond donors (Lipinski definition) is 0. The molecule has 0 amide bonds. The molecule has 0 aliphatic heterocycles. The Balaban J connectivity index is 0.00000288. The molecule has 2 aromatic rings. The summed E-state index contributed by atoms with van der Waals surface area (Å²) in [6.07, 6.45) is 3.33. The normalized spacial score (nSPS) is 11.6. The fourth-order valence-electron chi connectivity index (χ4n) is 1.83. The topological polar surface area (TPSA) is 85.2 Å². The second kappa shape index (κ2) is 9.10. The summed E-state index contributed by atoms with van der Waals surface area (Å²) >= 11 is 0. The van der Waals surface area contributed by atoms with Crippen LogP contribution in [0.5, 0.6) is 0 Å². The van der Waals surface area contributed by atoms with E-state index in [1.165, 1.54) is 12.1 Å². The second-order valence-electron chi connectivity index (χ2n) is 4.95. The van der Waals surface area contributed by atoms with E-state index >= 15 is 0 Å². The van der Waals surface area contributed by atoms with Crippen LogP contribution < -0.4 is 29.6 Å². The van der Waals surface area contributed by atoms with Crippen molar-refractivity contribution in [2.75, 3.05) is 14.1 Å². The molecule has 0 fully saturated rings. The van der Waals surface area contributed by atoms with E-state index in [1.807, 2.05) is 12.1 Å². The minimum atomic E-state index is -4.49. The van der Waals surface area contributed by atoms with Crippen LogP contribution in [-0.4, -0.2) is 32.1 Å². The molecule has 2 aromatic carbocycles. The Labute approximate surface area is 163 Å². The molecule has 0 saturated heterocycles. The third kappa shape index (κ3) is 6.18. The zero-order valence-corrected chi connectivity index (χ0v) is 16.6. The van der Waals surface area contributed by atoms with Crippen LogP contribution in [0.3, 0.4) is 0 Å². The molecule has 24 heavy (non-hydrogen) atoms. The van der Waals surface area contributed by atoms with Gasteiger partial charge in [-0.2, -0.15) is 0 Å². The maximum Gasteiger partial charge on any atom is 1.00 e. The number of hydrogen-bond acceptors (Lipinski definition) is 5. The first-order valence-electron chi connectivity index (χ1n) is 6.78. The summed E-state index contributed by atoms with van der Waals surface area (Å²) in [4.78, 5) is -0.229. The molecule has 2 rings (SSSR count). The van der Waals surface area contributed by atoms with Gasteiger partial charge in [-0.05, 0) is 29.3 Å². The van der Waals surface area contributed by atoms with Crippen molar-refractivity contribution in [3.8, 4) is 0 Å². The van der Waals surface area contributed by atoms with Crippen LogP contribution in [0.15, 0.2) is 63.8 Å². The predicted molar refractivity (Wildman–Crippen MR) is 88.0 cm³/mol. The summed E-state index contributed by atoms with van der Waals surface area (Å²) in [5.74, 6) is 0. The van der Waals surface area contributed by atoms with Gasteiger partial charge in [0, 0.05) is 14.1 Å². The van der Waals surface area contributed by atoms with Gasteiger partial charge in [0.1, 0.15) is 10.1 Å². The molecule has 0 bridgehead atoms. The fraction of sp³-hybridized carbons (Fsp3) is 0.125. The van der Waals surface area contributed by atoms with E-state index in [9.17, 15) is 13.0 Å². The van der Waals surface area contributed by atoms with Crippen molar-refractivity contribution in [2.24, 2.45) is 10.3 Å². The van der Waals surface area contributed by atoms with Gasteiger partial charge in [-0.1, -0.05) is 47.7 Å². The SMILES string of the molecule is CN(C)N=Nc1ccc(/C=C\c2ccccc2S(=O)(=O)[O-])cc1.[Na+]. The maximum atomic E-state index is 11.2. The Morgan fingerprint density at radius 1 is 1.00 bits per heavy atom. The van der Waals surface area contributed by atoms with Crippen LogP contribution in [0.2, 0.25) is 0 Å². The predicted octanol–water partition coefficient (Wildman–Crippen LogP) is 0.325. The zero-order valence-electron chi connectivity index (χ0n) is 13.7. The minimum absolute atomic E-state index is 0. The Morgan fingerprint density at radius 3 is 2.21 bits per heavy atom. The van der Waals surface area contributed by atoms with Crippen LogP contribution >= 0.6 is 0 Å². The van der Waals surface area contributed by atoms with E-state index in [0.717, 1.165) is 5.56 Å². The Kier molecular flexibility index (Phi) is 7.78. The zero-order chi connectivity index (χ0) is 16.9. The first-order valence-corrected chi connectivity index (χ1v) is 8.19. The molecule has 6 nitrogen and oxygen atoms in total. The van der Waals surface area contributed by atoms with E-state index in [1.54, 1.807) is 55.5 Å². The van der Waals surface area contributed by atoms with Gasteiger partial charge >= 0.3 is 29.6 Å². The van der Waals surface area contributed by atoms with Crippen LogP contribution in [0.25, 0.3) is 12.2 Å². The van der Waals surface area contributed by atoms with E-state index in [4.69, 9.17) is 0 Å². The summed E-state index contributed by atoms with van der Waals surface area (Å²) in [5.41, 5.74) is 1.92. The van der Waals surface area contributed by atoms with Gasteiger partial charge in [0.15, 0.2) is 0 Å². The molecule has 8 heteroatoms. The molecule has 0 N–H and O–H groups in total. The third-order valence-electron chi connectivity index (χ3n) is 2.88. The summed E-state index contributed by atoms with van der Waals surface area (Å²) < 4.78 is 33.7. The van der Waals surface area contributed by atoms with Gasteiger partial charge in [-0.3, -0.25) is 5.01 Å². The molecule has 0 aliphatic carbocycles. The maximum absolute atomic E-state index is 11.2. The first kappa shape index (κ1) is 20.5. The monoisotopic (exact) mass is 353 g/mol. The summed E-state index contributed by atoms with van der Waals surface area (Å²) in [7, 11) is -0.934. The second-order valence-corrected chi connectivity index (χ2v) is 6.30. The van der Waals surface area contributed by atoms with Gasteiger partial charge in [-0.25, -0.2) is 8.42 Å². The van der Waals surface area contributed by atoms with E-state index in [0.29, 0.717) is 11.3 Å². The number of rotatable bonds is 5. The Bertz CT molecular complexity index is 832. The molecule has 0 unspecified atom stereocenters. The van der Waals surface area contributed by atoms with Crippen molar-refractivity contribution in [1.82, 2.24) is 5.01 Å². The van der Waals surface area contributed by atoms with Gasteiger partial charge in [-0.15, -0.1) is 5.11 Å². The van der Waals surface area contributed by atoms with Gasteiger partial charge < -0.3 is 4.55 Å². The average molecular weight is 353 g/mol. The van der Waals surface area contributed by atoms with Crippen LogP contribution in [0.1, 0.15) is 11.1 Å². The standard InChI is InChI=1S/C16H17N3O3S.Na/c1-19(2)18-17-15-11-8-13(9-12-15)7-10-14-5-3-4-6-16(14)23(20,21)22;/h3-12H,1-2H3,(H,20,21,22);/q;+1/p-1/b10-7-,18-17?;. The molecular formula is C16H16N3NaO3S. The smallest absolute Gasteiger partial charge is 0.744 e. The number of benzene rings is 2. The van der Waals surface area contributed by atoms with E-state index < -0.39 is 10.1 Å². The van der Waals surface area contributed by atoms with Crippen molar-refractivity contribution in [3.63, 3.8) is 0 Å². The molecule has 0 spiro atoms. The summed E-state index contributed by atoms with van der Waals surface area (Å²) in [6.45, 7) is 0. The van der Waals surface area contributed by atoms with E-state index in [-0.39, 0.29) is 34.5 Å². The molecular weight excluding hydrogens is 337 g/mol. The summed E-state index contributed by atoms with van der Waals surface area (Å²) in [6, 6.07) is 13.3. The van der Waals surface area contributed by atoms with Crippen molar-refractivity contribution < 1.29 is 42.5 Å². The molecule has 0 heterocycles. The fourth-order valence-corrected chi connectivity index (χ4v) is 2.50. The summed E-state index contributed by atoms with van der Waals surface area (Å²) in [5, 5.41) is 9.50. The Morgan fingerprint density at radius 2 is 1.62 bits per heavy atom. The van der Waals surface area contributed by atoms with Crippen molar-refractivity contribution >= 4 is 28.0 Å². The Hall–Kier alpha value is -1.51. The van der Waals surface area contributed by atoms with Gasteiger partial charge in [0.05, 0.1) is 10.6 Å². The molecule has 0 atom stereocenters. The molecule has 120 valence electrons. The van der Waals surface area contributed by atoms with Gasteiger partial charge in [0.2, 0.25) is 0 Å². The molecule has 0 aromatic heterocycles. The average Bonchev–Trinajstić information content (AvgIpc) is 2.51. The van der Waals surface area contributed by atoms with E-state index in [2.05, 4.69) is 10.3 Å². The molecule has 0 radical (unpaired) electrons.